The zero-order valence-electron chi connectivity index (χ0n) is 11.8. The maximum absolute atomic E-state index is 13.7. The van der Waals surface area contributed by atoms with E-state index in [2.05, 4.69) is 0 Å². The fourth-order valence-corrected chi connectivity index (χ4v) is 3.16. The molecule has 0 spiro atoms. The third-order valence-corrected chi connectivity index (χ3v) is 4.23. The number of rotatable bonds is 5. The number of aliphatic hydroxyl groups is 1. The van der Waals surface area contributed by atoms with Crippen LogP contribution in [0.5, 0.6) is 0 Å². The second-order valence-corrected chi connectivity index (χ2v) is 6.10. The van der Waals surface area contributed by atoms with Crippen LogP contribution in [0.25, 0.3) is 0 Å². The van der Waals surface area contributed by atoms with Crippen LogP contribution in [0.1, 0.15) is 24.8 Å². The predicted octanol–water partition coefficient (Wildman–Crippen LogP) is 1.72. The maximum Gasteiger partial charge on any atom is 0.220 e. The van der Waals surface area contributed by atoms with Crippen molar-refractivity contribution >= 4 is 17.5 Å². The highest BCUT2D eigenvalue weighted by Crippen LogP contribution is 2.25. The molecule has 6 heteroatoms. The molecule has 1 atom stereocenters. The number of piperidine rings is 1. The molecule has 1 aromatic carbocycles. The first-order chi connectivity index (χ1) is 9.89. The molecule has 1 heterocycles. The molecule has 0 saturated carbocycles. The average molecular weight is 315 g/mol. The van der Waals surface area contributed by atoms with Gasteiger partial charge < -0.3 is 15.7 Å². The van der Waals surface area contributed by atoms with Crippen LogP contribution in [0.15, 0.2) is 18.2 Å². The molecule has 4 nitrogen and oxygen atoms in total. The summed E-state index contributed by atoms with van der Waals surface area (Å²) in [4.78, 5) is 13.0. The molecule has 3 N–H and O–H groups in total. The lowest BCUT2D eigenvalue weighted by Gasteiger charge is -2.38. The second kappa shape index (κ2) is 6.73. The Labute approximate surface area is 128 Å². The van der Waals surface area contributed by atoms with Gasteiger partial charge in [0, 0.05) is 23.7 Å². The Balaban J connectivity index is 1.96. The first kappa shape index (κ1) is 16.2. The molecule has 2 rings (SSSR count). The standard InChI is InChI=1S/C15H20ClFN2O2/c16-12-3-1-4-13(17)11(12)5-8-19-7-2-6-15(21,10-19)9-14(18)20/h1,3-4,21H,2,5-10H2,(H2,18,20). The average Bonchev–Trinajstić information content (AvgIpc) is 2.36. The molecular weight excluding hydrogens is 295 g/mol. The number of nitrogens with zero attached hydrogens (tertiary/aromatic N) is 1. The SMILES string of the molecule is NC(=O)CC1(O)CCCN(CCc2c(F)cccc2Cl)C1. The van der Waals surface area contributed by atoms with Crippen LogP contribution < -0.4 is 5.73 Å². The Morgan fingerprint density at radius 1 is 1.52 bits per heavy atom. The number of amides is 1. The molecule has 1 amide bonds. The van der Waals surface area contributed by atoms with Crippen molar-refractivity contribution in [2.75, 3.05) is 19.6 Å². The minimum atomic E-state index is -1.07. The van der Waals surface area contributed by atoms with Crippen LogP contribution in [-0.2, 0) is 11.2 Å². The summed E-state index contributed by atoms with van der Waals surface area (Å²) in [6, 6.07) is 4.63. The Hall–Kier alpha value is -1.17. The zero-order chi connectivity index (χ0) is 15.5. The van der Waals surface area contributed by atoms with E-state index in [1.54, 1.807) is 12.1 Å². The van der Waals surface area contributed by atoms with Gasteiger partial charge in [0.15, 0.2) is 0 Å². The molecule has 0 aliphatic carbocycles. The molecule has 1 unspecified atom stereocenters. The maximum atomic E-state index is 13.7. The normalized spacial score (nSPS) is 23.2. The van der Waals surface area contributed by atoms with Crippen molar-refractivity contribution in [1.29, 1.82) is 0 Å². The van der Waals surface area contributed by atoms with Gasteiger partial charge in [0.1, 0.15) is 5.82 Å². The van der Waals surface area contributed by atoms with Gasteiger partial charge in [-0.1, -0.05) is 17.7 Å². The number of carbonyl (C=O) groups is 1. The van der Waals surface area contributed by atoms with Crippen LogP contribution in [0.3, 0.4) is 0 Å². The zero-order valence-corrected chi connectivity index (χ0v) is 12.6. The molecule has 1 aromatic rings. The third kappa shape index (κ3) is 4.40. The van der Waals surface area contributed by atoms with Gasteiger partial charge in [-0.15, -0.1) is 0 Å². The smallest absolute Gasteiger partial charge is 0.220 e. The van der Waals surface area contributed by atoms with E-state index < -0.39 is 11.5 Å². The summed E-state index contributed by atoms with van der Waals surface area (Å²) >= 11 is 6.00. The van der Waals surface area contributed by atoms with Crippen molar-refractivity contribution < 1.29 is 14.3 Å². The Morgan fingerprint density at radius 2 is 2.29 bits per heavy atom. The van der Waals surface area contributed by atoms with Gasteiger partial charge in [0.2, 0.25) is 5.91 Å². The van der Waals surface area contributed by atoms with Crippen LogP contribution in [0.2, 0.25) is 5.02 Å². The number of benzene rings is 1. The molecule has 1 aliphatic heterocycles. The lowest BCUT2D eigenvalue weighted by atomic mass is 9.89. The molecular formula is C15H20ClFN2O2. The van der Waals surface area contributed by atoms with Gasteiger partial charge in [0.25, 0.3) is 0 Å². The number of likely N-dealkylation sites (tertiary alicyclic amines) is 1. The summed E-state index contributed by atoms with van der Waals surface area (Å²) in [5, 5.41) is 10.8. The first-order valence-electron chi connectivity index (χ1n) is 7.05. The Morgan fingerprint density at radius 3 is 2.95 bits per heavy atom. The number of hydrogen-bond acceptors (Lipinski definition) is 3. The van der Waals surface area contributed by atoms with Crippen molar-refractivity contribution in [3.63, 3.8) is 0 Å². The van der Waals surface area contributed by atoms with Gasteiger partial charge in [-0.05, 0) is 37.9 Å². The molecule has 0 aromatic heterocycles. The van der Waals surface area contributed by atoms with Crippen LogP contribution in [0.4, 0.5) is 4.39 Å². The summed E-state index contributed by atoms with van der Waals surface area (Å²) in [5.41, 5.74) is 4.60. The van der Waals surface area contributed by atoms with E-state index in [-0.39, 0.29) is 12.2 Å². The third-order valence-electron chi connectivity index (χ3n) is 3.88. The van der Waals surface area contributed by atoms with Crippen molar-refractivity contribution in [1.82, 2.24) is 4.90 Å². The number of halogens is 2. The minimum absolute atomic E-state index is 0.0377. The highest BCUT2D eigenvalue weighted by molar-refractivity contribution is 6.31. The number of hydrogen-bond donors (Lipinski definition) is 2. The fraction of sp³-hybridized carbons (Fsp3) is 0.533. The lowest BCUT2D eigenvalue weighted by Crippen LogP contribution is -2.50. The van der Waals surface area contributed by atoms with E-state index in [1.807, 2.05) is 4.90 Å². The largest absolute Gasteiger partial charge is 0.388 e. The Kier molecular flexibility index (Phi) is 5.19. The monoisotopic (exact) mass is 314 g/mol. The summed E-state index contributed by atoms with van der Waals surface area (Å²) in [7, 11) is 0. The van der Waals surface area contributed by atoms with Crippen molar-refractivity contribution in [3.05, 3.63) is 34.6 Å². The molecule has 0 radical (unpaired) electrons. The van der Waals surface area contributed by atoms with E-state index in [0.717, 1.165) is 13.0 Å². The van der Waals surface area contributed by atoms with Gasteiger partial charge in [-0.25, -0.2) is 4.39 Å². The second-order valence-electron chi connectivity index (χ2n) is 5.70. The first-order valence-corrected chi connectivity index (χ1v) is 7.43. The van der Waals surface area contributed by atoms with Crippen LogP contribution >= 0.6 is 11.6 Å². The molecule has 21 heavy (non-hydrogen) atoms. The molecule has 1 aliphatic rings. The summed E-state index contributed by atoms with van der Waals surface area (Å²) in [6.07, 6.45) is 1.78. The highest BCUT2D eigenvalue weighted by Gasteiger charge is 2.34. The van der Waals surface area contributed by atoms with E-state index in [4.69, 9.17) is 17.3 Å². The quantitative estimate of drug-likeness (QED) is 0.869. The van der Waals surface area contributed by atoms with Crippen molar-refractivity contribution in [2.45, 2.75) is 31.3 Å². The summed E-state index contributed by atoms with van der Waals surface area (Å²) in [6.45, 7) is 1.77. The van der Waals surface area contributed by atoms with E-state index in [1.165, 1.54) is 6.07 Å². The van der Waals surface area contributed by atoms with Gasteiger partial charge in [-0.3, -0.25) is 4.79 Å². The fourth-order valence-electron chi connectivity index (χ4n) is 2.91. The molecule has 1 fully saturated rings. The number of nitrogens with two attached hydrogens (primary N) is 1. The van der Waals surface area contributed by atoms with E-state index in [9.17, 15) is 14.3 Å². The highest BCUT2D eigenvalue weighted by atomic mass is 35.5. The van der Waals surface area contributed by atoms with Gasteiger partial charge >= 0.3 is 0 Å². The molecule has 116 valence electrons. The summed E-state index contributed by atoms with van der Waals surface area (Å²) < 4.78 is 13.7. The number of β-amino-alcohol motifs (C(OH)–C–C–N with tert-alkyl or cyclic N) is 1. The summed E-state index contributed by atoms with van der Waals surface area (Å²) in [5.74, 6) is -0.816. The van der Waals surface area contributed by atoms with Crippen LogP contribution in [-0.4, -0.2) is 41.1 Å². The number of primary amides is 1. The van der Waals surface area contributed by atoms with Crippen molar-refractivity contribution in [2.24, 2.45) is 5.73 Å². The van der Waals surface area contributed by atoms with Crippen molar-refractivity contribution in [3.8, 4) is 0 Å². The minimum Gasteiger partial charge on any atom is -0.388 e. The van der Waals surface area contributed by atoms with Gasteiger partial charge in [-0.2, -0.15) is 0 Å². The molecule has 1 saturated heterocycles. The lowest BCUT2D eigenvalue weighted by molar-refractivity contribution is -0.125. The van der Waals surface area contributed by atoms with E-state index in [0.29, 0.717) is 36.5 Å². The predicted molar refractivity (Wildman–Crippen MR) is 79.5 cm³/mol. The topological polar surface area (TPSA) is 66.6 Å². The Bertz CT molecular complexity index is 506. The van der Waals surface area contributed by atoms with Crippen LogP contribution in [0, 0.1) is 5.82 Å². The number of carbonyl (C=O) groups excluding carboxylic acids is 1. The van der Waals surface area contributed by atoms with E-state index >= 15 is 0 Å². The molecule has 0 bridgehead atoms. The van der Waals surface area contributed by atoms with Gasteiger partial charge in [0.05, 0.1) is 12.0 Å².